The van der Waals surface area contributed by atoms with E-state index >= 15 is 0 Å². The number of halogens is 1. The maximum Gasteiger partial charge on any atom is 0.156 e. The second-order valence-corrected chi connectivity index (χ2v) is 2.48. The Morgan fingerprint density at radius 3 is 2.75 bits per heavy atom. The van der Waals surface area contributed by atoms with Gasteiger partial charge in [-0.15, -0.1) is 0 Å². The highest BCUT2D eigenvalue weighted by molar-refractivity contribution is 14.1. The lowest BCUT2D eigenvalue weighted by Gasteiger charge is -1.83. The molecule has 0 saturated heterocycles. The van der Waals surface area contributed by atoms with E-state index in [2.05, 4.69) is 22.6 Å². The van der Waals surface area contributed by atoms with Crippen LogP contribution in [0.2, 0.25) is 0 Å². The molecule has 0 atom stereocenters. The maximum atomic E-state index is 10.6. The van der Waals surface area contributed by atoms with Crippen molar-refractivity contribution in [3.05, 3.63) is 12.2 Å². The average Bonchev–Trinajstić information content (AvgIpc) is 1.68. The number of carbonyl (C=O) groups is 1. The van der Waals surface area contributed by atoms with Gasteiger partial charge in [-0.3, -0.25) is 4.79 Å². The van der Waals surface area contributed by atoms with Crippen LogP contribution in [0.1, 0.15) is 13.3 Å². The summed E-state index contributed by atoms with van der Waals surface area (Å²) in [7, 11) is 0. The smallest absolute Gasteiger partial charge is 0.156 e. The topological polar surface area (TPSA) is 17.1 Å². The first-order chi connectivity index (χ1) is 3.81. The molecule has 2 heteroatoms. The zero-order valence-electron chi connectivity index (χ0n) is 4.86. The molecule has 0 aliphatic heterocycles. The average molecular weight is 224 g/mol. The van der Waals surface area contributed by atoms with Gasteiger partial charge in [0.15, 0.2) is 5.78 Å². The molecule has 0 fully saturated rings. The van der Waals surface area contributed by atoms with Gasteiger partial charge in [0.1, 0.15) is 0 Å². The molecule has 0 rings (SSSR count). The zero-order chi connectivity index (χ0) is 6.41. The molecule has 0 spiro atoms. The summed E-state index contributed by atoms with van der Waals surface area (Å²) in [5.41, 5.74) is 0. The number of hydrogen-bond donors (Lipinski definition) is 0. The lowest BCUT2D eigenvalue weighted by atomic mass is 10.3. The van der Waals surface area contributed by atoms with Crippen molar-refractivity contribution in [1.82, 2.24) is 0 Å². The van der Waals surface area contributed by atoms with Crippen LogP contribution in [0.4, 0.5) is 0 Å². The number of allylic oxidation sites excluding steroid dienone is 2. The van der Waals surface area contributed by atoms with Gasteiger partial charge in [-0.25, -0.2) is 0 Å². The molecular weight excluding hydrogens is 215 g/mol. The molecule has 46 valence electrons. The Balaban J connectivity index is 3.33. The van der Waals surface area contributed by atoms with Crippen LogP contribution in [0.3, 0.4) is 0 Å². The highest BCUT2D eigenvalue weighted by Gasteiger charge is 1.89. The van der Waals surface area contributed by atoms with Crippen LogP contribution in [-0.2, 0) is 4.79 Å². The predicted octanol–water partition coefficient (Wildman–Crippen LogP) is 1.96. The Kier molecular flexibility index (Phi) is 5.37. The van der Waals surface area contributed by atoms with Crippen LogP contribution in [0, 0.1) is 0 Å². The number of carbonyl (C=O) groups excluding carboxylic acids is 1. The number of hydrogen-bond acceptors (Lipinski definition) is 1. The largest absolute Gasteiger partial charge is 0.295 e. The van der Waals surface area contributed by atoms with Gasteiger partial charge in [-0.1, -0.05) is 28.7 Å². The van der Waals surface area contributed by atoms with Crippen molar-refractivity contribution in [3.8, 4) is 0 Å². The number of ketones is 1. The standard InChI is InChI=1S/C6H9IO/c1-2-3-6(8)4-5-7/h2-3H,4-5H2,1H3. The first-order valence-corrected chi connectivity index (χ1v) is 4.05. The Morgan fingerprint density at radius 2 is 2.38 bits per heavy atom. The molecule has 0 unspecified atom stereocenters. The summed E-state index contributed by atoms with van der Waals surface area (Å²) in [6.07, 6.45) is 4.05. The summed E-state index contributed by atoms with van der Waals surface area (Å²) in [6.45, 7) is 1.85. The molecule has 0 amide bonds. The minimum absolute atomic E-state index is 0.224. The lowest BCUT2D eigenvalue weighted by molar-refractivity contribution is -0.114. The predicted molar refractivity (Wildman–Crippen MR) is 43.3 cm³/mol. The van der Waals surface area contributed by atoms with Crippen LogP contribution in [0.25, 0.3) is 0 Å². The van der Waals surface area contributed by atoms with E-state index in [1.165, 1.54) is 0 Å². The molecule has 0 N–H and O–H groups in total. The van der Waals surface area contributed by atoms with Gasteiger partial charge in [0.05, 0.1) is 0 Å². The van der Waals surface area contributed by atoms with Crippen LogP contribution in [0.15, 0.2) is 12.2 Å². The molecule has 0 aromatic heterocycles. The van der Waals surface area contributed by atoms with Gasteiger partial charge >= 0.3 is 0 Å². The van der Waals surface area contributed by atoms with E-state index in [0.717, 1.165) is 4.43 Å². The van der Waals surface area contributed by atoms with Crippen molar-refractivity contribution in [1.29, 1.82) is 0 Å². The van der Waals surface area contributed by atoms with Crippen molar-refractivity contribution in [2.45, 2.75) is 13.3 Å². The Bertz CT molecular complexity index is 96.7. The Hall–Kier alpha value is 0.140. The van der Waals surface area contributed by atoms with Crippen molar-refractivity contribution < 1.29 is 4.79 Å². The molecule has 0 heterocycles. The molecule has 0 bridgehead atoms. The number of rotatable bonds is 3. The SMILES string of the molecule is CC=CC(=O)CCI. The van der Waals surface area contributed by atoms with E-state index in [-0.39, 0.29) is 5.78 Å². The maximum absolute atomic E-state index is 10.6. The number of alkyl halides is 1. The first-order valence-electron chi connectivity index (χ1n) is 2.52. The van der Waals surface area contributed by atoms with Gasteiger partial charge in [0, 0.05) is 10.8 Å². The van der Waals surface area contributed by atoms with E-state index in [1.54, 1.807) is 12.2 Å². The van der Waals surface area contributed by atoms with E-state index in [4.69, 9.17) is 0 Å². The quantitative estimate of drug-likeness (QED) is 0.406. The van der Waals surface area contributed by atoms with Crippen LogP contribution >= 0.6 is 22.6 Å². The normalized spacial score (nSPS) is 10.2. The molecule has 0 saturated carbocycles. The molecular formula is C6H9IO. The summed E-state index contributed by atoms with van der Waals surface area (Å²) >= 11 is 2.19. The van der Waals surface area contributed by atoms with Gasteiger partial charge in [0.25, 0.3) is 0 Å². The van der Waals surface area contributed by atoms with E-state index in [0.29, 0.717) is 6.42 Å². The molecule has 0 aromatic carbocycles. The van der Waals surface area contributed by atoms with Crippen molar-refractivity contribution >= 4 is 28.4 Å². The highest BCUT2D eigenvalue weighted by atomic mass is 127. The van der Waals surface area contributed by atoms with Crippen molar-refractivity contribution in [2.75, 3.05) is 4.43 Å². The van der Waals surface area contributed by atoms with Crippen molar-refractivity contribution in [2.24, 2.45) is 0 Å². The van der Waals surface area contributed by atoms with Gasteiger partial charge < -0.3 is 0 Å². The fourth-order valence-electron chi connectivity index (χ4n) is 0.362. The third kappa shape index (κ3) is 4.30. The minimum Gasteiger partial charge on any atom is -0.295 e. The van der Waals surface area contributed by atoms with Crippen LogP contribution in [-0.4, -0.2) is 10.2 Å². The molecule has 0 aliphatic rings. The van der Waals surface area contributed by atoms with Crippen LogP contribution < -0.4 is 0 Å². The molecule has 0 radical (unpaired) electrons. The molecule has 0 aromatic rings. The van der Waals surface area contributed by atoms with E-state index < -0.39 is 0 Å². The summed E-state index contributed by atoms with van der Waals surface area (Å²) in [5, 5.41) is 0. The fourth-order valence-corrected chi connectivity index (χ4v) is 0.894. The van der Waals surface area contributed by atoms with Gasteiger partial charge in [-0.2, -0.15) is 0 Å². The monoisotopic (exact) mass is 224 g/mol. The van der Waals surface area contributed by atoms with Gasteiger partial charge in [-0.05, 0) is 13.0 Å². The second-order valence-electron chi connectivity index (χ2n) is 1.41. The minimum atomic E-state index is 0.224. The van der Waals surface area contributed by atoms with Crippen LogP contribution in [0.5, 0.6) is 0 Å². The van der Waals surface area contributed by atoms with E-state index in [1.807, 2.05) is 6.92 Å². The van der Waals surface area contributed by atoms with Gasteiger partial charge in [0.2, 0.25) is 0 Å². The highest BCUT2D eigenvalue weighted by Crippen LogP contribution is 1.90. The Morgan fingerprint density at radius 1 is 1.75 bits per heavy atom. The lowest BCUT2D eigenvalue weighted by Crippen LogP contribution is -1.90. The summed E-state index contributed by atoms with van der Waals surface area (Å²) < 4.78 is 0.918. The van der Waals surface area contributed by atoms with E-state index in [9.17, 15) is 4.79 Å². The second kappa shape index (κ2) is 5.28. The first kappa shape index (κ1) is 8.14. The molecule has 8 heavy (non-hydrogen) atoms. The summed E-state index contributed by atoms with van der Waals surface area (Å²) in [5.74, 6) is 0.224. The molecule has 1 nitrogen and oxygen atoms in total. The third-order valence-electron chi connectivity index (χ3n) is 0.693. The van der Waals surface area contributed by atoms with Crippen molar-refractivity contribution in [3.63, 3.8) is 0 Å². The summed E-state index contributed by atoms with van der Waals surface area (Å²) in [6, 6.07) is 0. The fraction of sp³-hybridized carbons (Fsp3) is 0.500. The third-order valence-corrected chi connectivity index (χ3v) is 1.23. The summed E-state index contributed by atoms with van der Waals surface area (Å²) in [4.78, 5) is 10.6. The molecule has 0 aliphatic carbocycles. The zero-order valence-corrected chi connectivity index (χ0v) is 7.01. The Labute approximate surface area is 63.3 Å².